The smallest absolute Gasteiger partial charge is 0.335 e. The Morgan fingerprint density at radius 1 is 0.923 bits per heavy atom. The summed E-state index contributed by atoms with van der Waals surface area (Å²) < 4.78 is 21.7. The zero-order valence-corrected chi connectivity index (χ0v) is 14.3. The number of hydrogen-bond donors (Lipinski definition) is 0. The van der Waals surface area contributed by atoms with Crippen molar-refractivity contribution in [1.82, 2.24) is 0 Å². The van der Waals surface area contributed by atoms with E-state index in [2.05, 4.69) is 13.2 Å². The number of rotatable bonds is 5. The van der Waals surface area contributed by atoms with Gasteiger partial charge in [0.05, 0.1) is 7.11 Å². The standard InChI is InChI=1S/C20H16O6/c1-5-16(21)24-14-9-7-12-13-8-10-15(25-17(22)6-2)20(23-4)19(13)26-18(12)11(14)3/h5-10H,1-2H2,3-4H3. The van der Waals surface area contributed by atoms with Crippen molar-refractivity contribution in [2.24, 2.45) is 0 Å². The molecule has 0 N–H and O–H groups in total. The van der Waals surface area contributed by atoms with Crippen molar-refractivity contribution < 1.29 is 28.2 Å². The van der Waals surface area contributed by atoms with E-state index in [4.69, 9.17) is 18.6 Å². The summed E-state index contributed by atoms with van der Waals surface area (Å²) in [5.41, 5.74) is 1.62. The molecule has 0 unspecified atom stereocenters. The van der Waals surface area contributed by atoms with Crippen LogP contribution in [0.1, 0.15) is 5.56 Å². The average molecular weight is 352 g/mol. The monoisotopic (exact) mass is 352 g/mol. The van der Waals surface area contributed by atoms with Crippen LogP contribution >= 0.6 is 0 Å². The first kappa shape index (κ1) is 17.3. The molecule has 1 heterocycles. The topological polar surface area (TPSA) is 75.0 Å². The van der Waals surface area contributed by atoms with E-state index in [1.807, 2.05) is 0 Å². The van der Waals surface area contributed by atoms with Crippen LogP contribution in [0.4, 0.5) is 0 Å². The molecule has 3 aromatic rings. The molecule has 0 saturated heterocycles. The number of fused-ring (bicyclic) bond motifs is 3. The molecule has 26 heavy (non-hydrogen) atoms. The molecule has 0 atom stereocenters. The predicted octanol–water partition coefficient (Wildman–Crippen LogP) is 4.09. The van der Waals surface area contributed by atoms with E-state index >= 15 is 0 Å². The number of esters is 2. The number of ether oxygens (including phenoxy) is 3. The molecule has 0 fully saturated rings. The molecular weight excluding hydrogens is 336 g/mol. The molecule has 3 rings (SSSR count). The van der Waals surface area contributed by atoms with Crippen LogP contribution in [0.5, 0.6) is 17.2 Å². The fourth-order valence-corrected chi connectivity index (χ4v) is 2.66. The molecular formula is C20H16O6. The van der Waals surface area contributed by atoms with Crippen LogP contribution in [0.15, 0.2) is 54.0 Å². The van der Waals surface area contributed by atoms with Crippen molar-refractivity contribution in [3.05, 3.63) is 55.1 Å². The van der Waals surface area contributed by atoms with Gasteiger partial charge >= 0.3 is 11.9 Å². The summed E-state index contributed by atoms with van der Waals surface area (Å²) in [5, 5.41) is 1.59. The first-order chi connectivity index (χ1) is 12.5. The van der Waals surface area contributed by atoms with Gasteiger partial charge in [-0.3, -0.25) is 0 Å². The molecule has 0 spiro atoms. The van der Waals surface area contributed by atoms with Crippen LogP contribution in [-0.2, 0) is 9.59 Å². The fraction of sp³-hybridized carbons (Fsp3) is 0.100. The highest BCUT2D eigenvalue weighted by Gasteiger charge is 2.20. The summed E-state index contributed by atoms with van der Waals surface area (Å²) in [6.07, 6.45) is 2.15. The number of carbonyl (C=O) groups excluding carboxylic acids is 2. The van der Waals surface area contributed by atoms with Crippen molar-refractivity contribution in [2.45, 2.75) is 6.92 Å². The lowest BCUT2D eigenvalue weighted by Gasteiger charge is -2.07. The number of benzene rings is 2. The van der Waals surface area contributed by atoms with Gasteiger partial charge in [0.1, 0.15) is 11.3 Å². The van der Waals surface area contributed by atoms with Gasteiger partial charge in [0.25, 0.3) is 0 Å². The highest BCUT2D eigenvalue weighted by Crippen LogP contribution is 2.42. The second-order valence-corrected chi connectivity index (χ2v) is 5.39. The summed E-state index contributed by atoms with van der Waals surface area (Å²) in [4.78, 5) is 23.0. The van der Waals surface area contributed by atoms with Crippen LogP contribution in [0, 0.1) is 6.92 Å². The maximum atomic E-state index is 11.5. The van der Waals surface area contributed by atoms with Gasteiger partial charge in [-0.1, -0.05) is 13.2 Å². The van der Waals surface area contributed by atoms with Crippen molar-refractivity contribution >= 4 is 33.9 Å². The summed E-state index contributed by atoms with van der Waals surface area (Å²) in [7, 11) is 1.46. The molecule has 132 valence electrons. The lowest BCUT2D eigenvalue weighted by molar-refractivity contribution is -0.129. The zero-order chi connectivity index (χ0) is 18.8. The molecule has 0 bridgehead atoms. The Kier molecular flexibility index (Phi) is 4.49. The number of carbonyl (C=O) groups is 2. The third kappa shape index (κ3) is 2.82. The van der Waals surface area contributed by atoms with Gasteiger partial charge < -0.3 is 18.6 Å². The van der Waals surface area contributed by atoms with Crippen LogP contribution in [0.25, 0.3) is 21.9 Å². The molecule has 0 saturated carbocycles. The van der Waals surface area contributed by atoms with Crippen LogP contribution < -0.4 is 14.2 Å². The van der Waals surface area contributed by atoms with E-state index in [1.165, 1.54) is 7.11 Å². The van der Waals surface area contributed by atoms with Crippen molar-refractivity contribution in [1.29, 1.82) is 0 Å². The van der Waals surface area contributed by atoms with Crippen molar-refractivity contribution in [2.75, 3.05) is 7.11 Å². The Hall–Kier alpha value is -3.54. The van der Waals surface area contributed by atoms with Crippen molar-refractivity contribution in [3.63, 3.8) is 0 Å². The largest absolute Gasteiger partial charge is 0.490 e. The number of hydrogen-bond acceptors (Lipinski definition) is 6. The van der Waals surface area contributed by atoms with Crippen LogP contribution in [-0.4, -0.2) is 19.0 Å². The highest BCUT2D eigenvalue weighted by molar-refractivity contribution is 6.09. The lowest BCUT2D eigenvalue weighted by Crippen LogP contribution is -2.04. The molecule has 6 nitrogen and oxygen atoms in total. The van der Waals surface area contributed by atoms with Gasteiger partial charge in [-0.05, 0) is 31.2 Å². The molecule has 0 aliphatic carbocycles. The lowest BCUT2D eigenvalue weighted by atomic mass is 10.1. The minimum Gasteiger partial charge on any atom is -0.490 e. The Labute approximate surface area is 149 Å². The summed E-state index contributed by atoms with van der Waals surface area (Å²) in [6.45, 7) is 8.54. The Balaban J connectivity index is 2.21. The van der Waals surface area contributed by atoms with Crippen LogP contribution in [0.2, 0.25) is 0 Å². The SMILES string of the molecule is C=CC(=O)Oc1ccc2c(oc3c(OC)c(OC(=O)C=C)ccc32)c1C. The molecule has 0 aliphatic rings. The maximum Gasteiger partial charge on any atom is 0.335 e. The first-order valence-electron chi connectivity index (χ1n) is 7.71. The van der Waals surface area contributed by atoms with Gasteiger partial charge in [-0.2, -0.15) is 0 Å². The Bertz CT molecular complexity index is 1060. The molecule has 1 aromatic heterocycles. The van der Waals surface area contributed by atoms with Gasteiger partial charge in [0, 0.05) is 28.5 Å². The van der Waals surface area contributed by atoms with Gasteiger partial charge in [0.2, 0.25) is 5.75 Å². The Morgan fingerprint density at radius 3 is 2.04 bits per heavy atom. The fourth-order valence-electron chi connectivity index (χ4n) is 2.66. The van der Waals surface area contributed by atoms with E-state index in [9.17, 15) is 9.59 Å². The normalized spacial score (nSPS) is 10.5. The third-order valence-electron chi connectivity index (χ3n) is 3.89. The predicted molar refractivity (Wildman–Crippen MR) is 96.7 cm³/mol. The molecule has 0 amide bonds. The summed E-state index contributed by atoms with van der Waals surface area (Å²) in [5.74, 6) is -0.273. The second kappa shape index (κ2) is 6.76. The minimum absolute atomic E-state index is 0.222. The van der Waals surface area contributed by atoms with E-state index in [-0.39, 0.29) is 11.5 Å². The number of methoxy groups -OCH3 is 1. The van der Waals surface area contributed by atoms with E-state index in [0.717, 1.165) is 22.9 Å². The van der Waals surface area contributed by atoms with Gasteiger partial charge in [-0.25, -0.2) is 9.59 Å². The van der Waals surface area contributed by atoms with Crippen molar-refractivity contribution in [3.8, 4) is 17.2 Å². The molecule has 2 aromatic carbocycles. The molecule has 0 radical (unpaired) electrons. The maximum absolute atomic E-state index is 11.5. The van der Waals surface area contributed by atoms with E-state index in [1.54, 1.807) is 31.2 Å². The molecule has 6 heteroatoms. The summed E-state index contributed by atoms with van der Waals surface area (Å²) in [6, 6.07) is 6.86. The van der Waals surface area contributed by atoms with Crippen LogP contribution in [0.3, 0.4) is 0 Å². The number of aryl methyl sites for hydroxylation is 1. The zero-order valence-electron chi connectivity index (χ0n) is 14.3. The van der Waals surface area contributed by atoms with E-state index < -0.39 is 11.9 Å². The minimum atomic E-state index is -0.603. The first-order valence-corrected chi connectivity index (χ1v) is 7.71. The second-order valence-electron chi connectivity index (χ2n) is 5.39. The Morgan fingerprint density at radius 2 is 1.46 bits per heavy atom. The van der Waals surface area contributed by atoms with Gasteiger partial charge in [-0.15, -0.1) is 0 Å². The highest BCUT2D eigenvalue weighted by atomic mass is 16.6. The summed E-state index contributed by atoms with van der Waals surface area (Å²) >= 11 is 0. The average Bonchev–Trinajstić information content (AvgIpc) is 3.03. The van der Waals surface area contributed by atoms with Gasteiger partial charge in [0.15, 0.2) is 11.3 Å². The quantitative estimate of drug-likeness (QED) is 0.391. The van der Waals surface area contributed by atoms with E-state index in [0.29, 0.717) is 22.5 Å². The number of furan rings is 1. The molecule has 0 aliphatic heterocycles. The third-order valence-corrected chi connectivity index (χ3v) is 3.89.